The van der Waals surface area contributed by atoms with Gasteiger partial charge in [0.1, 0.15) is 48.8 Å². The normalized spacial score (nSPS) is 24.0. The molecule has 2 saturated heterocycles. The number of unbranched alkanes of at least 4 members (excludes halogenated alkanes) is 31. The monoisotopic (exact) mass is 1320 g/mol. The lowest BCUT2D eigenvalue weighted by molar-refractivity contribution is -0.330. The van der Waals surface area contributed by atoms with Crippen LogP contribution in [0.25, 0.3) is 0 Å². The number of carbonyl (C=O) groups excluding carboxylic acids is 1. The fourth-order valence-corrected chi connectivity index (χ4v) is 12.6. The SMILES string of the molecule is [2H]C(CCCCCCCCCCC)O[C@H]1[C@H](O)[C@@H](CO[C@@H]2O[C@H](COC)[C@@H](OP(=O)(O)O)[C@H](OCC[C@@H](CCCCCCC)OC)[C@H]2NC(=O)CCCCCCCCC/C=C\CCCCCC)OC(OCCP(=O)(O)O)[C@@H]1OC([2H])CCCCCCCCCCC. The molecule has 528 valence electrons. The zero-order chi connectivity index (χ0) is 66.8. The molecule has 13 atom stereocenters. The van der Waals surface area contributed by atoms with Gasteiger partial charge in [-0.05, 0) is 57.8 Å². The molecule has 2 heterocycles. The highest BCUT2D eigenvalue weighted by Gasteiger charge is 2.53. The molecular weight excluding hydrogens is 1180 g/mol. The maximum atomic E-state index is 14.2. The van der Waals surface area contributed by atoms with Crippen LogP contribution in [-0.4, -0.2) is 158 Å². The minimum Gasteiger partial charge on any atom is -0.387 e. The van der Waals surface area contributed by atoms with Gasteiger partial charge in [-0.3, -0.25) is 13.9 Å². The van der Waals surface area contributed by atoms with Crippen LogP contribution < -0.4 is 5.32 Å². The van der Waals surface area contributed by atoms with Crippen molar-refractivity contribution in [3.63, 3.8) is 0 Å². The first-order chi connectivity index (χ1) is 43.9. The molecule has 2 aliphatic rings. The molecule has 0 radical (unpaired) electrons. The second-order valence-corrected chi connectivity index (χ2v) is 28.0. The van der Waals surface area contributed by atoms with E-state index in [1.54, 1.807) is 7.11 Å². The molecule has 1 amide bonds. The Kier molecular flexibility index (Phi) is 50.0. The van der Waals surface area contributed by atoms with E-state index in [0.717, 1.165) is 141 Å². The molecule has 2 aliphatic heterocycles. The molecule has 0 spiro atoms. The van der Waals surface area contributed by atoms with Gasteiger partial charge in [-0.2, -0.15) is 0 Å². The van der Waals surface area contributed by atoms with Crippen molar-refractivity contribution in [2.45, 2.75) is 358 Å². The molecule has 6 N–H and O–H groups in total. The average molecular weight is 1320 g/mol. The lowest BCUT2D eigenvalue weighted by Crippen LogP contribution is -2.67. The topological polar surface area (TPSA) is 257 Å². The molecule has 3 unspecified atom stereocenters. The van der Waals surface area contributed by atoms with Crippen molar-refractivity contribution in [1.82, 2.24) is 5.32 Å². The summed E-state index contributed by atoms with van der Waals surface area (Å²) in [5.41, 5.74) is 0. The highest BCUT2D eigenvalue weighted by Crippen LogP contribution is 2.43. The number of allylic oxidation sites excluding steroid dienone is 2. The van der Waals surface area contributed by atoms with E-state index in [0.29, 0.717) is 38.5 Å². The number of hydrogen-bond acceptors (Lipinski definition) is 14. The molecule has 0 saturated carbocycles. The molecule has 89 heavy (non-hydrogen) atoms. The summed E-state index contributed by atoms with van der Waals surface area (Å²) in [6, 6.07) is -1.27. The van der Waals surface area contributed by atoms with E-state index in [2.05, 4.69) is 45.2 Å². The van der Waals surface area contributed by atoms with Crippen molar-refractivity contribution >= 4 is 21.3 Å². The Morgan fingerprint density at radius 1 is 0.506 bits per heavy atom. The van der Waals surface area contributed by atoms with Crippen molar-refractivity contribution in [3.8, 4) is 0 Å². The van der Waals surface area contributed by atoms with Crippen LogP contribution in [0.2, 0.25) is 0 Å². The Bertz CT molecular complexity index is 1840. The van der Waals surface area contributed by atoms with Crippen molar-refractivity contribution in [1.29, 1.82) is 0 Å². The first-order valence-corrected chi connectivity index (χ1v) is 39.0. The summed E-state index contributed by atoms with van der Waals surface area (Å²) >= 11 is 0. The van der Waals surface area contributed by atoms with Crippen LogP contribution in [0.3, 0.4) is 0 Å². The largest absolute Gasteiger partial charge is 0.470 e. The Hall–Kier alpha value is -0.930. The maximum Gasteiger partial charge on any atom is 0.470 e. The van der Waals surface area contributed by atoms with Crippen molar-refractivity contribution in [3.05, 3.63) is 12.2 Å². The van der Waals surface area contributed by atoms with E-state index in [9.17, 15) is 38.6 Å². The summed E-state index contributed by atoms with van der Waals surface area (Å²) in [5, 5.41) is 15.5. The number of carbonyl (C=O) groups is 1. The fraction of sp³-hybridized carbons (Fsp3) is 0.956. The van der Waals surface area contributed by atoms with Gasteiger partial charge in [0, 0.05) is 40.4 Å². The van der Waals surface area contributed by atoms with Gasteiger partial charge in [0.2, 0.25) is 5.91 Å². The van der Waals surface area contributed by atoms with Crippen LogP contribution in [0.1, 0.15) is 294 Å². The van der Waals surface area contributed by atoms with Gasteiger partial charge in [0.15, 0.2) is 12.6 Å². The summed E-state index contributed by atoms with van der Waals surface area (Å²) in [6.45, 7) is 5.31. The van der Waals surface area contributed by atoms with E-state index in [1.807, 2.05) is 0 Å². The summed E-state index contributed by atoms with van der Waals surface area (Å²) in [6.07, 6.45) is 31.9. The lowest BCUT2D eigenvalue weighted by atomic mass is 9.95. The fourth-order valence-electron chi connectivity index (χ4n) is 11.7. The van der Waals surface area contributed by atoms with E-state index in [-0.39, 0.29) is 31.6 Å². The third kappa shape index (κ3) is 43.0. The molecule has 0 aliphatic carbocycles. The predicted molar refractivity (Wildman–Crippen MR) is 354 cm³/mol. The van der Waals surface area contributed by atoms with Gasteiger partial charge in [0.25, 0.3) is 0 Å². The number of nitrogens with one attached hydrogen (secondary N) is 1. The molecule has 2 fully saturated rings. The number of hydrogen-bond donors (Lipinski definition) is 6. The summed E-state index contributed by atoms with van der Waals surface area (Å²) < 4.78 is 105. The van der Waals surface area contributed by atoms with Gasteiger partial charge in [-0.25, -0.2) is 4.57 Å². The number of aliphatic hydroxyl groups is 1. The van der Waals surface area contributed by atoms with Crippen LogP contribution in [0, 0.1) is 0 Å². The number of rotatable bonds is 62. The second kappa shape index (κ2) is 55.2. The van der Waals surface area contributed by atoms with Gasteiger partial charge in [-0.1, -0.05) is 239 Å². The zero-order valence-corrected chi connectivity index (χ0v) is 58.4. The van der Waals surface area contributed by atoms with Crippen LogP contribution >= 0.6 is 15.4 Å². The molecule has 0 aromatic heterocycles. The van der Waals surface area contributed by atoms with E-state index in [4.69, 9.17) is 49.9 Å². The van der Waals surface area contributed by atoms with E-state index >= 15 is 0 Å². The number of methoxy groups -OCH3 is 2. The molecule has 19 nitrogen and oxygen atoms in total. The predicted octanol–water partition coefficient (Wildman–Crippen LogP) is 15.4. The standard InChI is InChI=1S/C68H133NO18P2/c1-7-11-15-19-22-25-28-29-30-31-32-33-36-40-44-48-60(70)69-61-64(82-52-49-57(79-6)47-43-39-18-14-10-4)63(87-89(75,76)77)59(55-78-5)86-67(61)84-56-58-62(71)65(80-50-45-41-37-34-26-23-20-16-12-8-2)66(68(85-58)83-53-54-88(72,73)74)81-51-46-42-38-35-27-24-21-17-13-9-3/h25,28,57-59,61-68,71H,7-24,26-27,29-56H2,1-6H3,(H,69,70)(H2,72,73,74)(H2,75,76,77)/b28-25-/t57-,58-,59-,61-,62-,63-,64-,65+,66-,67-,68?/m1/s1/i50D,51D/t50?,51?,57-,58-,59-,61-,62-,63-,64-,65+,66-,67-,68?. The number of ether oxygens (including phenoxy) is 9. The Morgan fingerprint density at radius 3 is 1.46 bits per heavy atom. The number of amides is 1. The first kappa shape index (κ1) is 80.5. The average Bonchev–Trinajstić information content (AvgIpc) is 1.57. The van der Waals surface area contributed by atoms with Gasteiger partial charge >= 0.3 is 15.4 Å². The van der Waals surface area contributed by atoms with Crippen molar-refractivity contribution in [2.24, 2.45) is 0 Å². The third-order valence-corrected chi connectivity index (χ3v) is 18.3. The van der Waals surface area contributed by atoms with Crippen LogP contribution in [0.5, 0.6) is 0 Å². The Labute approximate surface area is 543 Å². The molecule has 0 bridgehead atoms. The number of aliphatic hydroxyl groups excluding tert-OH is 1. The number of phosphoric ester groups is 1. The summed E-state index contributed by atoms with van der Waals surface area (Å²) in [7, 11) is -6.80. The van der Waals surface area contributed by atoms with E-state index < -0.39 is 109 Å². The van der Waals surface area contributed by atoms with Crippen LogP contribution in [-0.2, 0) is 61.1 Å². The van der Waals surface area contributed by atoms with Crippen molar-refractivity contribution < 1.29 is 88.5 Å². The van der Waals surface area contributed by atoms with Crippen LogP contribution in [0.4, 0.5) is 0 Å². The van der Waals surface area contributed by atoms with Crippen LogP contribution in [0.15, 0.2) is 12.2 Å². The molecular formula is C68H133NO18P2. The van der Waals surface area contributed by atoms with Gasteiger partial charge in [-0.15, -0.1) is 0 Å². The highest BCUT2D eigenvalue weighted by molar-refractivity contribution is 7.51. The maximum absolute atomic E-state index is 14.2. The minimum atomic E-state index is -5.25. The molecule has 0 aromatic carbocycles. The Balaban J connectivity index is 2.50. The smallest absolute Gasteiger partial charge is 0.387 e. The van der Waals surface area contributed by atoms with E-state index in [1.165, 1.54) is 84.2 Å². The van der Waals surface area contributed by atoms with Gasteiger partial charge in [0.05, 0.1) is 34.8 Å². The number of phosphoric acid groups is 1. The quantitative estimate of drug-likeness (QED) is 0.0188. The van der Waals surface area contributed by atoms with Crippen molar-refractivity contribution in [2.75, 3.05) is 60.0 Å². The van der Waals surface area contributed by atoms with Gasteiger partial charge < -0.3 is 72.6 Å². The zero-order valence-electron chi connectivity index (χ0n) is 58.6. The third-order valence-electron chi connectivity index (χ3n) is 17.0. The Morgan fingerprint density at radius 2 is 0.966 bits per heavy atom. The molecule has 0 aromatic rings. The minimum absolute atomic E-state index is 0.0369. The molecule has 21 heteroatoms. The lowest BCUT2D eigenvalue weighted by Gasteiger charge is -2.47. The highest BCUT2D eigenvalue weighted by atomic mass is 31.2. The molecule has 2 rings (SSSR count). The summed E-state index contributed by atoms with van der Waals surface area (Å²) in [4.78, 5) is 54.8. The summed E-state index contributed by atoms with van der Waals surface area (Å²) in [5.74, 6) is -0.388. The first-order valence-electron chi connectivity index (χ1n) is 36.8. The second-order valence-electron chi connectivity index (χ2n) is 25.1.